The highest BCUT2D eigenvalue weighted by Gasteiger charge is 2.44. The number of aliphatic carboxylic acids is 1. The second kappa shape index (κ2) is 9.91. The van der Waals surface area contributed by atoms with Crippen molar-refractivity contribution >= 4 is 5.97 Å². The molecule has 0 unspecified atom stereocenters. The lowest BCUT2D eigenvalue weighted by Crippen LogP contribution is -2.41. The number of carbonyl (C=O) groups is 1. The van der Waals surface area contributed by atoms with Gasteiger partial charge in [0.1, 0.15) is 0 Å². The first-order valence-electron chi connectivity index (χ1n) is 11.4. The van der Waals surface area contributed by atoms with Crippen LogP contribution >= 0.6 is 0 Å². The molecule has 3 heteroatoms. The van der Waals surface area contributed by atoms with Crippen molar-refractivity contribution < 1.29 is 14.6 Å². The third kappa shape index (κ3) is 4.79. The van der Waals surface area contributed by atoms with E-state index in [4.69, 9.17) is 4.74 Å². The van der Waals surface area contributed by atoms with Gasteiger partial charge in [0.05, 0.1) is 12.0 Å². The number of carboxylic acid groups (broad SMARTS) is 1. The van der Waals surface area contributed by atoms with E-state index in [2.05, 4.69) is 31.2 Å². The third-order valence-corrected chi connectivity index (χ3v) is 7.65. The summed E-state index contributed by atoms with van der Waals surface area (Å²) in [6.45, 7) is 2.99. The van der Waals surface area contributed by atoms with E-state index in [1.807, 2.05) is 0 Å². The van der Waals surface area contributed by atoms with Crippen LogP contribution in [0.2, 0.25) is 0 Å². The zero-order chi connectivity index (χ0) is 20.0. The van der Waals surface area contributed by atoms with Crippen molar-refractivity contribution in [3.8, 4) is 0 Å². The summed E-state index contributed by atoms with van der Waals surface area (Å²) in [5.74, 6) is 1.87. The van der Waals surface area contributed by atoms with Crippen LogP contribution in [-0.4, -0.2) is 24.8 Å². The van der Waals surface area contributed by atoms with E-state index in [0.717, 1.165) is 55.4 Å². The van der Waals surface area contributed by atoms with Crippen LogP contribution in [0.25, 0.3) is 0 Å². The Hall–Kier alpha value is -1.35. The van der Waals surface area contributed by atoms with Gasteiger partial charge in [-0.15, -0.1) is 0 Å². The van der Waals surface area contributed by atoms with Crippen molar-refractivity contribution in [2.45, 2.75) is 83.0 Å². The van der Waals surface area contributed by atoms with Crippen LogP contribution in [0.1, 0.15) is 82.3 Å². The quantitative estimate of drug-likeness (QED) is 0.596. The van der Waals surface area contributed by atoms with Gasteiger partial charge in [-0.3, -0.25) is 4.79 Å². The van der Waals surface area contributed by atoms with Crippen LogP contribution in [-0.2, 0) is 21.4 Å². The lowest BCUT2D eigenvalue weighted by Gasteiger charge is -2.42. The summed E-state index contributed by atoms with van der Waals surface area (Å²) in [7, 11) is 1.71. The highest BCUT2D eigenvalue weighted by Crippen LogP contribution is 2.47. The Bertz CT molecular complexity index is 605. The van der Waals surface area contributed by atoms with Crippen molar-refractivity contribution in [2.75, 3.05) is 13.7 Å². The van der Waals surface area contributed by atoms with Gasteiger partial charge in [0.15, 0.2) is 0 Å². The van der Waals surface area contributed by atoms with Crippen LogP contribution in [0.5, 0.6) is 0 Å². The van der Waals surface area contributed by atoms with Crippen LogP contribution in [0, 0.1) is 17.8 Å². The summed E-state index contributed by atoms with van der Waals surface area (Å²) in [5.41, 5.74) is 1.52. The van der Waals surface area contributed by atoms with Crippen molar-refractivity contribution in [1.82, 2.24) is 0 Å². The second-order valence-electron chi connectivity index (χ2n) is 9.23. The maximum Gasteiger partial charge on any atom is 0.314 e. The number of methoxy groups -OCH3 is 1. The van der Waals surface area contributed by atoms with Crippen molar-refractivity contribution in [3.63, 3.8) is 0 Å². The van der Waals surface area contributed by atoms with E-state index in [9.17, 15) is 9.90 Å². The van der Waals surface area contributed by atoms with Gasteiger partial charge in [0, 0.05) is 7.11 Å². The molecule has 3 rings (SSSR count). The molecule has 0 saturated heterocycles. The van der Waals surface area contributed by atoms with Crippen molar-refractivity contribution in [1.29, 1.82) is 0 Å². The van der Waals surface area contributed by atoms with Crippen LogP contribution in [0.15, 0.2) is 24.3 Å². The first-order chi connectivity index (χ1) is 13.6. The smallest absolute Gasteiger partial charge is 0.314 e. The van der Waals surface area contributed by atoms with Gasteiger partial charge in [0.2, 0.25) is 0 Å². The van der Waals surface area contributed by atoms with E-state index < -0.39 is 11.4 Å². The summed E-state index contributed by atoms with van der Waals surface area (Å²) in [6, 6.07) is 8.27. The summed E-state index contributed by atoms with van der Waals surface area (Å²) in [5, 5.41) is 10.1. The van der Waals surface area contributed by atoms with Gasteiger partial charge in [0.25, 0.3) is 0 Å². The molecule has 1 N–H and O–H groups in total. The van der Waals surface area contributed by atoms with Gasteiger partial charge < -0.3 is 9.84 Å². The van der Waals surface area contributed by atoms with Crippen LogP contribution in [0.4, 0.5) is 0 Å². The zero-order valence-corrected chi connectivity index (χ0v) is 17.8. The van der Waals surface area contributed by atoms with E-state index in [0.29, 0.717) is 6.61 Å². The fraction of sp³-hybridized carbons (Fsp3) is 0.720. The maximum absolute atomic E-state index is 12.3. The molecule has 2 fully saturated rings. The fourth-order valence-corrected chi connectivity index (χ4v) is 5.80. The average molecular weight is 387 g/mol. The normalized spacial score (nSPS) is 30.9. The second-order valence-corrected chi connectivity index (χ2v) is 9.23. The molecule has 1 aromatic rings. The molecule has 2 aliphatic rings. The lowest BCUT2D eigenvalue weighted by molar-refractivity contribution is -0.146. The van der Waals surface area contributed by atoms with E-state index in [-0.39, 0.29) is 0 Å². The van der Waals surface area contributed by atoms with Gasteiger partial charge in [-0.1, -0.05) is 56.9 Å². The van der Waals surface area contributed by atoms with Gasteiger partial charge in [-0.2, -0.15) is 0 Å². The monoisotopic (exact) mass is 386 g/mol. The minimum absolute atomic E-state index is 0.637. The molecule has 0 bridgehead atoms. The number of ether oxygens (including phenoxy) is 1. The highest BCUT2D eigenvalue weighted by atomic mass is 16.5. The molecule has 0 spiro atoms. The topological polar surface area (TPSA) is 46.5 Å². The molecule has 0 heterocycles. The molecule has 0 radical (unpaired) electrons. The number of hydrogen-bond acceptors (Lipinski definition) is 2. The summed E-state index contributed by atoms with van der Waals surface area (Å²) in [6.07, 6.45) is 12.8. The standard InChI is InChI=1S/C25H38O3/c1-3-4-19-5-9-21(10-6-19)22-13-16-25(17-14-22,24(26)27)23-11-7-20(8-12-23)15-18-28-2/h7-8,11-12,19,21-22H,3-6,9-10,13-18H2,1-2H3,(H,26,27). The molecular weight excluding hydrogens is 348 g/mol. The molecule has 156 valence electrons. The Balaban J connectivity index is 1.61. The molecule has 0 atom stereocenters. The molecule has 28 heavy (non-hydrogen) atoms. The van der Waals surface area contributed by atoms with Crippen LogP contribution in [0.3, 0.4) is 0 Å². The first-order valence-corrected chi connectivity index (χ1v) is 11.4. The molecule has 0 amide bonds. The van der Waals surface area contributed by atoms with Crippen molar-refractivity contribution in [2.24, 2.45) is 17.8 Å². The minimum atomic E-state index is -0.685. The summed E-state index contributed by atoms with van der Waals surface area (Å²) < 4.78 is 5.15. The Morgan fingerprint density at radius 3 is 2.18 bits per heavy atom. The zero-order valence-electron chi connectivity index (χ0n) is 17.8. The first kappa shape index (κ1) is 21.4. The molecule has 1 aromatic carbocycles. The highest BCUT2D eigenvalue weighted by molar-refractivity contribution is 5.81. The Kier molecular flexibility index (Phi) is 7.56. The van der Waals surface area contributed by atoms with E-state index in [1.165, 1.54) is 44.1 Å². The maximum atomic E-state index is 12.3. The largest absolute Gasteiger partial charge is 0.481 e. The Labute approximate surface area is 170 Å². The minimum Gasteiger partial charge on any atom is -0.481 e. The lowest BCUT2D eigenvalue weighted by atomic mass is 9.62. The molecule has 0 aromatic heterocycles. The SMILES string of the molecule is CCCC1CCC(C2CCC(C(=O)O)(c3ccc(CCOC)cc3)CC2)CC1. The fourth-order valence-electron chi connectivity index (χ4n) is 5.80. The molecular formula is C25H38O3. The van der Waals surface area contributed by atoms with Crippen molar-refractivity contribution in [3.05, 3.63) is 35.4 Å². The van der Waals surface area contributed by atoms with E-state index >= 15 is 0 Å². The predicted molar refractivity (Wildman–Crippen MR) is 114 cm³/mol. The predicted octanol–water partition coefficient (Wildman–Crippen LogP) is 5.99. The Morgan fingerprint density at radius 2 is 1.64 bits per heavy atom. The number of benzene rings is 1. The molecule has 3 nitrogen and oxygen atoms in total. The Morgan fingerprint density at radius 1 is 1.04 bits per heavy atom. The molecule has 0 aliphatic heterocycles. The number of hydrogen-bond donors (Lipinski definition) is 1. The van der Waals surface area contributed by atoms with E-state index in [1.54, 1.807) is 7.11 Å². The average Bonchev–Trinajstić information content (AvgIpc) is 2.73. The van der Waals surface area contributed by atoms with Gasteiger partial charge >= 0.3 is 5.97 Å². The number of carboxylic acids is 1. The van der Waals surface area contributed by atoms with Gasteiger partial charge in [-0.25, -0.2) is 0 Å². The summed E-state index contributed by atoms with van der Waals surface area (Å²) >= 11 is 0. The molecule has 2 saturated carbocycles. The third-order valence-electron chi connectivity index (χ3n) is 7.65. The molecule has 2 aliphatic carbocycles. The number of rotatable bonds is 8. The van der Waals surface area contributed by atoms with Gasteiger partial charge in [-0.05, 0) is 73.8 Å². The summed E-state index contributed by atoms with van der Waals surface area (Å²) in [4.78, 5) is 12.3. The van der Waals surface area contributed by atoms with Crippen LogP contribution < -0.4 is 0 Å².